The van der Waals surface area contributed by atoms with E-state index in [0.29, 0.717) is 11.4 Å². The lowest BCUT2D eigenvalue weighted by molar-refractivity contribution is 0.0946. The van der Waals surface area contributed by atoms with Crippen LogP contribution in [0.2, 0.25) is 5.02 Å². The normalized spacial score (nSPS) is 21.2. The van der Waals surface area contributed by atoms with Crippen molar-refractivity contribution in [1.29, 1.82) is 0 Å². The largest absolute Gasteiger partial charge is 0.378 e. The summed E-state index contributed by atoms with van der Waals surface area (Å²) in [6.45, 7) is 0.822. The number of nitrogens with one attached hydrogen (secondary N) is 1. The van der Waals surface area contributed by atoms with E-state index in [1.165, 1.54) is 12.1 Å². The smallest absolute Gasteiger partial charge is 0.123 e. The minimum atomic E-state index is -0.276. The monoisotopic (exact) mass is 272 g/mol. The van der Waals surface area contributed by atoms with E-state index in [9.17, 15) is 4.39 Å². The number of hydrogen-bond donors (Lipinski definition) is 2. The molecule has 0 amide bonds. The first kappa shape index (κ1) is 13.7. The summed E-state index contributed by atoms with van der Waals surface area (Å²) in [6.07, 6.45) is 3.84. The lowest BCUT2D eigenvalue weighted by atomic mass is 10.00. The van der Waals surface area contributed by atoms with Crippen molar-refractivity contribution in [1.82, 2.24) is 5.43 Å². The van der Waals surface area contributed by atoms with Gasteiger partial charge in [-0.15, -0.1) is 0 Å². The van der Waals surface area contributed by atoms with Crippen LogP contribution in [0.4, 0.5) is 4.39 Å². The molecule has 5 heteroatoms. The van der Waals surface area contributed by atoms with E-state index in [1.54, 1.807) is 6.07 Å². The van der Waals surface area contributed by atoms with Crippen molar-refractivity contribution >= 4 is 11.6 Å². The van der Waals surface area contributed by atoms with E-state index in [0.717, 1.165) is 31.4 Å². The fourth-order valence-electron chi connectivity index (χ4n) is 2.32. The standard InChI is InChI=1S/C13H18ClFN2O/c14-13-4-3-10(15)6-9(13)7-11(17-16)8-12-2-1-5-18-12/h3-4,6,11-12,17H,1-2,5,7-8,16H2. The maximum atomic E-state index is 13.2. The molecule has 1 fully saturated rings. The number of rotatable bonds is 5. The molecule has 2 atom stereocenters. The van der Waals surface area contributed by atoms with Gasteiger partial charge in [0.15, 0.2) is 0 Å². The average molecular weight is 273 g/mol. The Morgan fingerprint density at radius 1 is 1.56 bits per heavy atom. The molecule has 0 aliphatic carbocycles. The van der Waals surface area contributed by atoms with Crippen molar-refractivity contribution < 1.29 is 9.13 Å². The van der Waals surface area contributed by atoms with Gasteiger partial charge in [-0.3, -0.25) is 11.3 Å². The molecule has 1 aliphatic heterocycles. The maximum Gasteiger partial charge on any atom is 0.123 e. The zero-order chi connectivity index (χ0) is 13.0. The summed E-state index contributed by atoms with van der Waals surface area (Å²) >= 11 is 6.05. The lowest BCUT2D eigenvalue weighted by Gasteiger charge is -2.20. The molecule has 1 aliphatic rings. The summed E-state index contributed by atoms with van der Waals surface area (Å²) in [6, 6.07) is 4.44. The fourth-order valence-corrected chi connectivity index (χ4v) is 2.52. The molecular weight excluding hydrogens is 255 g/mol. The molecule has 2 rings (SSSR count). The van der Waals surface area contributed by atoms with E-state index < -0.39 is 0 Å². The maximum absolute atomic E-state index is 13.2. The molecule has 3 N–H and O–H groups in total. The van der Waals surface area contributed by atoms with Gasteiger partial charge in [0.05, 0.1) is 6.10 Å². The van der Waals surface area contributed by atoms with Crippen molar-refractivity contribution in [3.8, 4) is 0 Å². The number of hydrogen-bond acceptors (Lipinski definition) is 3. The second-order valence-electron chi connectivity index (χ2n) is 4.67. The summed E-state index contributed by atoms with van der Waals surface area (Å²) in [7, 11) is 0. The molecule has 0 spiro atoms. The molecule has 100 valence electrons. The summed E-state index contributed by atoms with van der Waals surface area (Å²) in [5.74, 6) is 5.27. The van der Waals surface area contributed by atoms with Crippen LogP contribution in [0.1, 0.15) is 24.8 Å². The molecule has 3 nitrogen and oxygen atoms in total. The third kappa shape index (κ3) is 3.65. The SMILES string of the molecule is NNC(Cc1cc(F)ccc1Cl)CC1CCCO1. The quantitative estimate of drug-likeness (QED) is 0.639. The summed E-state index contributed by atoms with van der Waals surface area (Å²) in [5.41, 5.74) is 3.54. The zero-order valence-corrected chi connectivity index (χ0v) is 10.9. The Kier molecular flexibility index (Phi) is 4.95. The van der Waals surface area contributed by atoms with E-state index in [-0.39, 0.29) is 18.0 Å². The molecule has 1 aromatic carbocycles. The van der Waals surface area contributed by atoms with Gasteiger partial charge in [-0.25, -0.2) is 4.39 Å². The molecule has 1 heterocycles. The molecule has 0 radical (unpaired) electrons. The van der Waals surface area contributed by atoms with E-state index >= 15 is 0 Å². The van der Waals surface area contributed by atoms with Gasteiger partial charge in [-0.1, -0.05) is 11.6 Å². The Labute approximate surface area is 111 Å². The van der Waals surface area contributed by atoms with Crippen molar-refractivity contribution in [3.05, 3.63) is 34.6 Å². The number of hydrazine groups is 1. The molecular formula is C13H18ClFN2O. The van der Waals surface area contributed by atoms with Crippen molar-refractivity contribution in [2.45, 2.75) is 37.8 Å². The Morgan fingerprint density at radius 2 is 2.39 bits per heavy atom. The van der Waals surface area contributed by atoms with Crippen LogP contribution < -0.4 is 11.3 Å². The van der Waals surface area contributed by atoms with Gasteiger partial charge in [-0.05, 0) is 49.4 Å². The Bertz CT molecular complexity index is 397. The van der Waals surface area contributed by atoms with Gasteiger partial charge >= 0.3 is 0 Å². The second kappa shape index (κ2) is 6.48. The van der Waals surface area contributed by atoms with Crippen LogP contribution >= 0.6 is 11.6 Å². The summed E-state index contributed by atoms with van der Waals surface area (Å²) in [5, 5.41) is 0.573. The minimum Gasteiger partial charge on any atom is -0.378 e. The van der Waals surface area contributed by atoms with Crippen LogP contribution in [0, 0.1) is 5.82 Å². The van der Waals surface area contributed by atoms with Crippen molar-refractivity contribution in [2.75, 3.05) is 6.61 Å². The van der Waals surface area contributed by atoms with Crippen LogP contribution in [0.15, 0.2) is 18.2 Å². The first-order valence-electron chi connectivity index (χ1n) is 6.20. The molecule has 1 aromatic rings. The van der Waals surface area contributed by atoms with Crippen LogP contribution in [-0.2, 0) is 11.2 Å². The highest BCUT2D eigenvalue weighted by Crippen LogP contribution is 2.22. The number of nitrogens with two attached hydrogens (primary N) is 1. The molecule has 18 heavy (non-hydrogen) atoms. The third-order valence-electron chi connectivity index (χ3n) is 3.28. The molecule has 0 saturated carbocycles. The van der Waals surface area contributed by atoms with Gasteiger partial charge in [0.1, 0.15) is 5.82 Å². The molecule has 0 bridgehead atoms. The predicted molar refractivity (Wildman–Crippen MR) is 69.8 cm³/mol. The molecule has 1 saturated heterocycles. The van der Waals surface area contributed by atoms with Gasteiger partial charge in [0, 0.05) is 17.7 Å². The van der Waals surface area contributed by atoms with Crippen LogP contribution in [-0.4, -0.2) is 18.8 Å². The Balaban J connectivity index is 1.98. The van der Waals surface area contributed by atoms with E-state index in [1.807, 2.05) is 0 Å². The average Bonchev–Trinajstić information content (AvgIpc) is 2.85. The minimum absolute atomic E-state index is 0.0485. The number of halogens is 2. The highest BCUT2D eigenvalue weighted by Gasteiger charge is 2.21. The highest BCUT2D eigenvalue weighted by molar-refractivity contribution is 6.31. The zero-order valence-electron chi connectivity index (χ0n) is 10.2. The highest BCUT2D eigenvalue weighted by atomic mass is 35.5. The van der Waals surface area contributed by atoms with Gasteiger partial charge in [0.25, 0.3) is 0 Å². The van der Waals surface area contributed by atoms with Crippen molar-refractivity contribution in [2.24, 2.45) is 5.84 Å². The van der Waals surface area contributed by atoms with Crippen LogP contribution in [0.5, 0.6) is 0 Å². The van der Waals surface area contributed by atoms with E-state index in [2.05, 4.69) is 5.43 Å². The van der Waals surface area contributed by atoms with Crippen LogP contribution in [0.3, 0.4) is 0 Å². The van der Waals surface area contributed by atoms with Gasteiger partial charge in [-0.2, -0.15) is 0 Å². The fraction of sp³-hybridized carbons (Fsp3) is 0.538. The topological polar surface area (TPSA) is 47.3 Å². The molecule has 2 unspecified atom stereocenters. The Morgan fingerprint density at radius 3 is 3.06 bits per heavy atom. The second-order valence-corrected chi connectivity index (χ2v) is 5.08. The number of benzene rings is 1. The first-order chi connectivity index (χ1) is 8.69. The lowest BCUT2D eigenvalue weighted by Crippen LogP contribution is -2.39. The van der Waals surface area contributed by atoms with Gasteiger partial charge < -0.3 is 4.74 Å². The third-order valence-corrected chi connectivity index (χ3v) is 3.65. The Hall–Kier alpha value is -0.680. The summed E-state index contributed by atoms with van der Waals surface area (Å²) < 4.78 is 18.7. The van der Waals surface area contributed by atoms with Crippen molar-refractivity contribution in [3.63, 3.8) is 0 Å². The summed E-state index contributed by atoms with van der Waals surface area (Å²) in [4.78, 5) is 0. The van der Waals surface area contributed by atoms with Gasteiger partial charge in [0.2, 0.25) is 0 Å². The van der Waals surface area contributed by atoms with Crippen LogP contribution in [0.25, 0.3) is 0 Å². The van der Waals surface area contributed by atoms with E-state index in [4.69, 9.17) is 22.2 Å². The number of ether oxygens (including phenoxy) is 1. The molecule has 0 aromatic heterocycles. The first-order valence-corrected chi connectivity index (χ1v) is 6.58. The predicted octanol–water partition coefficient (Wildman–Crippen LogP) is 2.42.